The van der Waals surface area contributed by atoms with Crippen LogP contribution >= 0.6 is 0 Å². The first-order chi connectivity index (χ1) is 12.5. The van der Waals surface area contributed by atoms with Crippen LogP contribution in [-0.4, -0.2) is 28.0 Å². The summed E-state index contributed by atoms with van der Waals surface area (Å²) in [6, 6.07) is 5.81. The first kappa shape index (κ1) is 17.8. The molecule has 0 saturated carbocycles. The number of nitrogens with zero attached hydrogens (tertiary/aromatic N) is 2. The van der Waals surface area contributed by atoms with E-state index in [0.717, 1.165) is 0 Å². The zero-order valence-electron chi connectivity index (χ0n) is 14.0. The Morgan fingerprint density at radius 3 is 2.81 bits per heavy atom. The average Bonchev–Trinajstić information content (AvgIpc) is 3.09. The Balaban J connectivity index is 1.56. The van der Waals surface area contributed by atoms with Crippen LogP contribution in [0.25, 0.3) is 11.4 Å². The fraction of sp³-hybridized carbons (Fsp3) is 0.333. The van der Waals surface area contributed by atoms with Gasteiger partial charge in [-0.05, 0) is 25.0 Å². The first-order valence-corrected chi connectivity index (χ1v) is 8.35. The van der Waals surface area contributed by atoms with Gasteiger partial charge >= 0.3 is 0 Å². The summed E-state index contributed by atoms with van der Waals surface area (Å²) >= 11 is 0. The molecule has 1 aliphatic carbocycles. The number of amides is 2. The predicted octanol–water partition coefficient (Wildman–Crippen LogP) is 1.74. The molecule has 3 rings (SSSR count). The summed E-state index contributed by atoms with van der Waals surface area (Å²) in [5.41, 5.74) is 5.62. The molecule has 8 heteroatoms. The lowest BCUT2D eigenvalue weighted by Crippen LogP contribution is -2.46. The van der Waals surface area contributed by atoms with Crippen molar-refractivity contribution in [2.24, 2.45) is 11.7 Å². The molecule has 0 aliphatic heterocycles. The Labute approximate surface area is 149 Å². The van der Waals surface area contributed by atoms with Crippen molar-refractivity contribution >= 4 is 11.8 Å². The van der Waals surface area contributed by atoms with Gasteiger partial charge in [0.15, 0.2) is 0 Å². The summed E-state index contributed by atoms with van der Waals surface area (Å²) in [5, 5.41) is 6.58. The van der Waals surface area contributed by atoms with Crippen LogP contribution in [0.2, 0.25) is 0 Å². The molecule has 26 heavy (non-hydrogen) atoms. The van der Waals surface area contributed by atoms with E-state index in [1.807, 2.05) is 12.2 Å². The van der Waals surface area contributed by atoms with Gasteiger partial charge in [0.05, 0.1) is 11.5 Å². The summed E-state index contributed by atoms with van der Waals surface area (Å²) in [6.07, 6.45) is 5.23. The molecule has 1 aromatic heterocycles. The third-order valence-corrected chi connectivity index (χ3v) is 4.29. The number of aryl methyl sites for hydroxylation is 1. The molecule has 1 aromatic carbocycles. The molecular weight excluding hydrogens is 339 g/mol. The molecule has 7 nitrogen and oxygen atoms in total. The lowest BCUT2D eigenvalue weighted by atomic mass is 9.88. The van der Waals surface area contributed by atoms with Crippen LogP contribution in [0, 0.1) is 11.7 Å². The molecule has 0 unspecified atom stereocenters. The molecule has 2 amide bonds. The van der Waals surface area contributed by atoms with Gasteiger partial charge in [-0.2, -0.15) is 4.98 Å². The third kappa shape index (κ3) is 4.14. The van der Waals surface area contributed by atoms with Gasteiger partial charge in [-0.25, -0.2) is 4.39 Å². The normalized spacial score (nSPS) is 19.3. The second-order valence-electron chi connectivity index (χ2n) is 6.12. The highest BCUT2D eigenvalue weighted by molar-refractivity contribution is 5.81. The Kier molecular flexibility index (Phi) is 5.40. The number of hydrogen-bond acceptors (Lipinski definition) is 5. The van der Waals surface area contributed by atoms with Crippen molar-refractivity contribution in [1.82, 2.24) is 15.5 Å². The first-order valence-electron chi connectivity index (χ1n) is 8.35. The second kappa shape index (κ2) is 7.90. The van der Waals surface area contributed by atoms with Crippen molar-refractivity contribution in [1.29, 1.82) is 0 Å². The number of carbonyl (C=O) groups is 2. The highest BCUT2D eigenvalue weighted by Crippen LogP contribution is 2.20. The summed E-state index contributed by atoms with van der Waals surface area (Å²) < 4.78 is 18.8. The van der Waals surface area contributed by atoms with Crippen LogP contribution in [0.4, 0.5) is 4.39 Å². The summed E-state index contributed by atoms with van der Waals surface area (Å²) in [6.45, 7) is 0. The van der Waals surface area contributed by atoms with Crippen molar-refractivity contribution in [2.45, 2.75) is 31.7 Å². The van der Waals surface area contributed by atoms with Gasteiger partial charge in [-0.1, -0.05) is 29.4 Å². The fourth-order valence-electron chi connectivity index (χ4n) is 2.90. The third-order valence-electron chi connectivity index (χ3n) is 4.29. The number of nitrogens with one attached hydrogen (secondary N) is 1. The Morgan fingerprint density at radius 2 is 2.04 bits per heavy atom. The molecule has 0 saturated heterocycles. The minimum Gasteiger partial charge on any atom is -0.369 e. The van der Waals surface area contributed by atoms with Crippen molar-refractivity contribution in [3.63, 3.8) is 0 Å². The zero-order chi connectivity index (χ0) is 18.5. The number of aromatic nitrogens is 2. The molecule has 1 aliphatic rings. The zero-order valence-corrected chi connectivity index (χ0v) is 14.0. The van der Waals surface area contributed by atoms with Gasteiger partial charge in [0.2, 0.25) is 23.5 Å². The number of allylic oxidation sites excluding steroid dienone is 1. The smallest absolute Gasteiger partial charge is 0.227 e. The largest absolute Gasteiger partial charge is 0.369 e. The highest BCUT2D eigenvalue weighted by Gasteiger charge is 2.28. The number of hydrogen-bond donors (Lipinski definition) is 2. The maximum Gasteiger partial charge on any atom is 0.227 e. The van der Waals surface area contributed by atoms with Crippen LogP contribution in [0.3, 0.4) is 0 Å². The monoisotopic (exact) mass is 358 g/mol. The molecule has 3 N–H and O–H groups in total. The van der Waals surface area contributed by atoms with E-state index in [1.54, 1.807) is 18.2 Å². The SMILES string of the molecule is NC(=O)[C@@H]1CC=CC[C@H]1NC(=O)CCc1nc(-c2ccccc2F)no1. The number of benzene rings is 1. The van der Waals surface area contributed by atoms with Crippen LogP contribution < -0.4 is 11.1 Å². The van der Waals surface area contributed by atoms with Gasteiger partial charge in [-0.15, -0.1) is 0 Å². The summed E-state index contributed by atoms with van der Waals surface area (Å²) in [7, 11) is 0. The van der Waals surface area contributed by atoms with Crippen molar-refractivity contribution in [2.75, 3.05) is 0 Å². The van der Waals surface area contributed by atoms with Crippen LogP contribution in [0.5, 0.6) is 0 Å². The minimum atomic E-state index is -0.444. The molecule has 0 spiro atoms. The van der Waals surface area contributed by atoms with Gasteiger partial charge in [0.1, 0.15) is 5.82 Å². The molecular formula is C18H19FN4O3. The predicted molar refractivity (Wildman–Crippen MR) is 91.0 cm³/mol. The van der Waals surface area contributed by atoms with Crippen LogP contribution in [-0.2, 0) is 16.0 Å². The average molecular weight is 358 g/mol. The standard InChI is InChI=1S/C18H19FN4O3/c19-13-7-3-1-5-11(13)18-22-16(26-23-18)10-9-15(24)21-14-8-4-2-6-12(14)17(20)25/h1-5,7,12,14H,6,8-10H2,(H2,20,25)(H,21,24)/t12-,14-/m1/s1. The number of carbonyl (C=O) groups excluding carboxylic acids is 2. The summed E-state index contributed by atoms with van der Waals surface area (Å²) in [5.74, 6) is -1.12. The van der Waals surface area contributed by atoms with Crippen LogP contribution in [0.15, 0.2) is 40.9 Å². The van der Waals surface area contributed by atoms with E-state index < -0.39 is 17.6 Å². The van der Waals surface area contributed by atoms with Gasteiger partial charge in [0, 0.05) is 18.9 Å². The van der Waals surface area contributed by atoms with Crippen molar-refractivity contribution in [3.8, 4) is 11.4 Å². The maximum absolute atomic E-state index is 13.7. The van der Waals surface area contributed by atoms with Gasteiger partial charge < -0.3 is 15.6 Å². The van der Waals surface area contributed by atoms with E-state index in [0.29, 0.717) is 12.8 Å². The number of primary amides is 1. The Morgan fingerprint density at radius 1 is 1.27 bits per heavy atom. The van der Waals surface area contributed by atoms with Gasteiger partial charge in [-0.3, -0.25) is 9.59 Å². The molecule has 1 heterocycles. The molecule has 0 bridgehead atoms. The number of halogens is 1. The molecule has 2 aromatic rings. The Hall–Kier alpha value is -3.03. The highest BCUT2D eigenvalue weighted by atomic mass is 19.1. The molecule has 0 radical (unpaired) electrons. The number of rotatable bonds is 6. The van der Waals surface area contributed by atoms with Crippen molar-refractivity contribution in [3.05, 3.63) is 48.1 Å². The summed E-state index contributed by atoms with van der Waals surface area (Å²) in [4.78, 5) is 27.7. The van der Waals surface area contributed by atoms with E-state index >= 15 is 0 Å². The fourth-order valence-corrected chi connectivity index (χ4v) is 2.90. The molecule has 0 fully saturated rings. The molecule has 2 atom stereocenters. The Bertz CT molecular complexity index is 833. The minimum absolute atomic E-state index is 0.116. The number of nitrogens with two attached hydrogens (primary N) is 1. The van der Waals surface area contributed by atoms with Crippen molar-refractivity contribution < 1.29 is 18.5 Å². The lowest BCUT2D eigenvalue weighted by Gasteiger charge is -2.26. The van der Waals surface area contributed by atoms with E-state index in [2.05, 4.69) is 15.5 Å². The lowest BCUT2D eigenvalue weighted by molar-refractivity contribution is -0.125. The maximum atomic E-state index is 13.7. The topological polar surface area (TPSA) is 111 Å². The molecule has 136 valence electrons. The van der Waals surface area contributed by atoms with Gasteiger partial charge in [0.25, 0.3) is 0 Å². The van der Waals surface area contributed by atoms with E-state index in [9.17, 15) is 14.0 Å². The second-order valence-corrected chi connectivity index (χ2v) is 6.12. The van der Waals surface area contributed by atoms with Crippen LogP contribution in [0.1, 0.15) is 25.2 Å². The van der Waals surface area contributed by atoms with E-state index in [4.69, 9.17) is 10.3 Å². The van der Waals surface area contributed by atoms with E-state index in [1.165, 1.54) is 6.07 Å². The quantitative estimate of drug-likeness (QED) is 0.764. The van der Waals surface area contributed by atoms with E-state index in [-0.39, 0.29) is 42.1 Å².